The van der Waals surface area contributed by atoms with Crippen molar-refractivity contribution >= 4 is 16.5 Å². The Kier molecular flexibility index (Phi) is 3.15. The first-order chi connectivity index (χ1) is 8.84. The summed E-state index contributed by atoms with van der Waals surface area (Å²) in [6.45, 7) is 2.26. The summed E-state index contributed by atoms with van der Waals surface area (Å²) in [7, 11) is 2.20. The summed E-state index contributed by atoms with van der Waals surface area (Å²) in [5.41, 5.74) is 1.29. The van der Waals surface area contributed by atoms with Gasteiger partial charge in [-0.2, -0.15) is 0 Å². The highest BCUT2D eigenvalue weighted by Gasteiger charge is 2.18. The van der Waals surface area contributed by atoms with Crippen LogP contribution in [0, 0.1) is 0 Å². The smallest absolute Gasteiger partial charge is 0.0373 e. The van der Waals surface area contributed by atoms with Crippen molar-refractivity contribution in [1.29, 1.82) is 0 Å². The lowest BCUT2D eigenvalue weighted by Gasteiger charge is -2.33. The van der Waals surface area contributed by atoms with E-state index in [0.717, 1.165) is 13.1 Å². The maximum Gasteiger partial charge on any atom is 0.0373 e. The summed E-state index contributed by atoms with van der Waals surface area (Å²) in [5.74, 6) is 0. The molecular weight excluding hydrogens is 222 g/mol. The van der Waals surface area contributed by atoms with Gasteiger partial charge in [-0.05, 0) is 49.5 Å². The highest BCUT2D eigenvalue weighted by Crippen LogP contribution is 2.24. The number of anilines is 1. The van der Waals surface area contributed by atoms with Crippen LogP contribution in [-0.2, 0) is 0 Å². The largest absolute Gasteiger partial charge is 0.371 e. The van der Waals surface area contributed by atoms with Crippen LogP contribution in [-0.4, -0.2) is 31.2 Å². The van der Waals surface area contributed by atoms with E-state index in [9.17, 15) is 0 Å². The van der Waals surface area contributed by atoms with E-state index in [4.69, 9.17) is 0 Å². The number of hydrogen-bond acceptors (Lipinski definition) is 3. The third-order valence-electron chi connectivity index (χ3n) is 3.89. The number of nitrogens with zero attached hydrogens (tertiary/aromatic N) is 2. The minimum absolute atomic E-state index is 0.653. The van der Waals surface area contributed by atoms with Gasteiger partial charge >= 0.3 is 0 Å². The van der Waals surface area contributed by atoms with E-state index in [1.807, 2.05) is 12.4 Å². The second-order valence-electron chi connectivity index (χ2n) is 5.00. The number of piperidine rings is 1. The predicted molar refractivity (Wildman–Crippen MR) is 76.0 cm³/mol. The van der Waals surface area contributed by atoms with Crippen molar-refractivity contribution in [2.45, 2.75) is 18.9 Å². The van der Waals surface area contributed by atoms with Gasteiger partial charge in [0.1, 0.15) is 0 Å². The molecule has 0 bridgehead atoms. The molecule has 1 aromatic carbocycles. The predicted octanol–water partition coefficient (Wildman–Crippen LogP) is 2.42. The molecule has 2 aromatic rings. The Morgan fingerprint density at radius 3 is 2.83 bits per heavy atom. The number of fused-ring (bicyclic) bond motifs is 1. The summed E-state index contributed by atoms with van der Waals surface area (Å²) in [6.07, 6.45) is 6.23. The molecule has 1 saturated heterocycles. The Labute approximate surface area is 108 Å². The van der Waals surface area contributed by atoms with Crippen molar-refractivity contribution in [3.8, 4) is 0 Å². The van der Waals surface area contributed by atoms with E-state index in [-0.39, 0.29) is 0 Å². The van der Waals surface area contributed by atoms with Crippen molar-refractivity contribution < 1.29 is 0 Å². The van der Waals surface area contributed by atoms with Gasteiger partial charge in [0.05, 0.1) is 0 Å². The second-order valence-corrected chi connectivity index (χ2v) is 5.00. The molecule has 0 atom stereocenters. The van der Waals surface area contributed by atoms with Crippen molar-refractivity contribution in [3.63, 3.8) is 0 Å². The van der Waals surface area contributed by atoms with Crippen molar-refractivity contribution in [2.75, 3.05) is 25.0 Å². The molecular formula is C15H19N3. The Balaban J connectivity index is 1.88. The molecule has 18 heavy (non-hydrogen) atoms. The van der Waals surface area contributed by atoms with E-state index in [0.29, 0.717) is 6.04 Å². The van der Waals surface area contributed by atoms with Crippen LogP contribution in [0.3, 0.4) is 0 Å². The fourth-order valence-corrected chi connectivity index (χ4v) is 2.70. The molecule has 3 nitrogen and oxygen atoms in total. The first kappa shape index (κ1) is 11.5. The van der Waals surface area contributed by atoms with Gasteiger partial charge in [0.15, 0.2) is 0 Å². The summed E-state index contributed by atoms with van der Waals surface area (Å²) < 4.78 is 0. The molecule has 1 N–H and O–H groups in total. The fraction of sp³-hybridized carbons (Fsp3) is 0.400. The van der Waals surface area contributed by atoms with E-state index in [1.54, 1.807) is 0 Å². The molecule has 1 fully saturated rings. The first-order valence-corrected chi connectivity index (χ1v) is 6.62. The topological polar surface area (TPSA) is 28.2 Å². The van der Waals surface area contributed by atoms with Crippen LogP contribution in [0.25, 0.3) is 10.8 Å². The third kappa shape index (κ3) is 2.18. The van der Waals surface area contributed by atoms with Crippen molar-refractivity contribution in [3.05, 3.63) is 36.7 Å². The van der Waals surface area contributed by atoms with E-state index in [1.165, 1.54) is 29.3 Å². The standard InChI is InChI=1S/C15H19N3/c1-18(14-5-8-16-9-6-14)15-3-2-12-4-7-17-11-13(12)10-15/h2-4,7,10-11,14,16H,5-6,8-9H2,1H3. The molecule has 0 unspecified atom stereocenters. The summed E-state index contributed by atoms with van der Waals surface area (Å²) >= 11 is 0. The molecule has 1 aliphatic rings. The van der Waals surface area contributed by atoms with Crippen LogP contribution in [0.2, 0.25) is 0 Å². The molecule has 1 aliphatic heterocycles. The molecule has 0 radical (unpaired) electrons. The van der Waals surface area contributed by atoms with Crippen molar-refractivity contribution in [1.82, 2.24) is 10.3 Å². The maximum atomic E-state index is 4.20. The molecule has 3 rings (SSSR count). The molecule has 0 amide bonds. The van der Waals surface area contributed by atoms with Gasteiger partial charge in [-0.15, -0.1) is 0 Å². The van der Waals surface area contributed by atoms with E-state index < -0.39 is 0 Å². The quantitative estimate of drug-likeness (QED) is 0.875. The van der Waals surface area contributed by atoms with Gasteiger partial charge in [0.25, 0.3) is 0 Å². The third-order valence-corrected chi connectivity index (χ3v) is 3.89. The Morgan fingerprint density at radius 1 is 1.17 bits per heavy atom. The van der Waals surface area contributed by atoms with Gasteiger partial charge in [0.2, 0.25) is 0 Å². The van der Waals surface area contributed by atoms with Crippen LogP contribution >= 0.6 is 0 Å². The Morgan fingerprint density at radius 2 is 2.00 bits per heavy atom. The number of aromatic nitrogens is 1. The van der Waals surface area contributed by atoms with E-state index >= 15 is 0 Å². The van der Waals surface area contributed by atoms with Gasteiger partial charge < -0.3 is 10.2 Å². The Hall–Kier alpha value is -1.61. The number of benzene rings is 1. The minimum atomic E-state index is 0.653. The zero-order valence-electron chi connectivity index (χ0n) is 10.8. The average Bonchev–Trinajstić information content (AvgIpc) is 2.47. The molecule has 0 saturated carbocycles. The van der Waals surface area contributed by atoms with Crippen LogP contribution in [0.5, 0.6) is 0 Å². The fourth-order valence-electron chi connectivity index (χ4n) is 2.70. The zero-order valence-corrected chi connectivity index (χ0v) is 10.8. The molecule has 0 aliphatic carbocycles. The van der Waals surface area contributed by atoms with E-state index in [2.05, 4.69) is 46.5 Å². The van der Waals surface area contributed by atoms with Crippen LogP contribution in [0.15, 0.2) is 36.7 Å². The van der Waals surface area contributed by atoms with Crippen LogP contribution in [0.4, 0.5) is 5.69 Å². The molecule has 0 spiro atoms. The lowest BCUT2D eigenvalue weighted by atomic mass is 10.0. The second kappa shape index (κ2) is 4.94. The first-order valence-electron chi connectivity index (χ1n) is 6.62. The maximum absolute atomic E-state index is 4.20. The molecule has 1 aromatic heterocycles. The molecule has 2 heterocycles. The van der Waals surface area contributed by atoms with Gasteiger partial charge in [-0.3, -0.25) is 4.98 Å². The monoisotopic (exact) mass is 241 g/mol. The number of hydrogen-bond donors (Lipinski definition) is 1. The van der Waals surface area contributed by atoms with Crippen LogP contribution < -0.4 is 10.2 Å². The summed E-state index contributed by atoms with van der Waals surface area (Å²) in [5, 5.41) is 5.89. The molecule has 94 valence electrons. The minimum Gasteiger partial charge on any atom is -0.371 e. The van der Waals surface area contributed by atoms with Crippen LogP contribution in [0.1, 0.15) is 12.8 Å². The SMILES string of the molecule is CN(c1ccc2ccncc2c1)C1CCNCC1. The highest BCUT2D eigenvalue weighted by molar-refractivity contribution is 5.85. The summed E-state index contributed by atoms with van der Waals surface area (Å²) in [6, 6.07) is 9.35. The molecule has 3 heteroatoms. The van der Waals surface area contributed by atoms with Crippen molar-refractivity contribution in [2.24, 2.45) is 0 Å². The lowest BCUT2D eigenvalue weighted by Crippen LogP contribution is -2.41. The normalized spacial score (nSPS) is 16.9. The van der Waals surface area contributed by atoms with Gasteiger partial charge in [0, 0.05) is 36.6 Å². The number of rotatable bonds is 2. The number of pyridine rings is 1. The highest BCUT2D eigenvalue weighted by atomic mass is 15.1. The van der Waals surface area contributed by atoms with Gasteiger partial charge in [-0.25, -0.2) is 0 Å². The lowest BCUT2D eigenvalue weighted by molar-refractivity contribution is 0.443. The number of nitrogens with one attached hydrogen (secondary N) is 1. The zero-order chi connectivity index (χ0) is 12.4. The summed E-state index contributed by atoms with van der Waals surface area (Å²) in [4.78, 5) is 6.61. The van der Waals surface area contributed by atoms with Gasteiger partial charge in [-0.1, -0.05) is 6.07 Å². The Bertz CT molecular complexity index is 532. The average molecular weight is 241 g/mol.